The van der Waals surface area contributed by atoms with Gasteiger partial charge in [0.05, 0.1) is 22.2 Å². The van der Waals surface area contributed by atoms with E-state index in [1.165, 1.54) is 0 Å². The molecule has 0 bridgehead atoms. The van der Waals surface area contributed by atoms with Gasteiger partial charge in [0.25, 0.3) is 0 Å². The monoisotopic (exact) mass is 435 g/mol. The molecule has 26 heavy (non-hydrogen) atoms. The van der Waals surface area contributed by atoms with E-state index >= 15 is 0 Å². The molecule has 1 aromatic carbocycles. The van der Waals surface area contributed by atoms with Crippen LogP contribution in [0.25, 0.3) is 0 Å². The highest BCUT2D eigenvalue weighted by atomic mass is 35.5. The number of ether oxygens (including phenoxy) is 1. The average Bonchev–Trinajstić information content (AvgIpc) is 2.94. The van der Waals surface area contributed by atoms with Crippen LogP contribution in [0.1, 0.15) is 18.4 Å². The predicted molar refractivity (Wildman–Crippen MR) is 86.8 cm³/mol. The quantitative estimate of drug-likeness (QED) is 0.740. The molecule has 1 heterocycles. The average molecular weight is 436 g/mol. The summed E-state index contributed by atoms with van der Waals surface area (Å²) in [6.07, 6.45) is -3.83. The number of nitrogens with zero attached hydrogens (tertiary/aromatic N) is 1. The van der Waals surface area contributed by atoms with Crippen molar-refractivity contribution in [3.05, 3.63) is 27.7 Å². The van der Waals surface area contributed by atoms with Crippen molar-refractivity contribution >= 4 is 39.2 Å². The van der Waals surface area contributed by atoms with Gasteiger partial charge in [-0.2, -0.15) is 17.5 Å². The third-order valence-electron chi connectivity index (χ3n) is 3.75. The number of carbonyl (C=O) groups is 1. The van der Waals surface area contributed by atoms with Crippen molar-refractivity contribution in [2.75, 3.05) is 19.8 Å². The second-order valence-corrected chi connectivity index (χ2v) is 8.23. The molecular weight excluding hydrogens is 422 g/mol. The van der Waals surface area contributed by atoms with E-state index in [1.54, 1.807) is 0 Å². The topological polar surface area (TPSA) is 83.9 Å². The van der Waals surface area contributed by atoms with Crippen LogP contribution in [0.2, 0.25) is 10.0 Å². The minimum absolute atomic E-state index is 0.0944. The molecule has 146 valence electrons. The fourth-order valence-electron chi connectivity index (χ4n) is 2.66. The number of hydrogen-bond acceptors (Lipinski definition) is 4. The Morgan fingerprint density at radius 3 is 2.38 bits per heavy atom. The number of carboxylic acid groups (broad SMARTS) is 1. The van der Waals surface area contributed by atoms with Crippen molar-refractivity contribution in [2.45, 2.75) is 30.0 Å². The lowest BCUT2D eigenvalue weighted by molar-refractivity contribution is -0.142. The maximum absolute atomic E-state index is 12.8. The Morgan fingerprint density at radius 2 is 1.88 bits per heavy atom. The number of sulfonamides is 1. The van der Waals surface area contributed by atoms with Gasteiger partial charge < -0.3 is 9.84 Å². The van der Waals surface area contributed by atoms with Gasteiger partial charge in [-0.3, -0.25) is 0 Å². The summed E-state index contributed by atoms with van der Waals surface area (Å²) in [5.74, 6) is -1.20. The lowest BCUT2D eigenvalue weighted by Gasteiger charge is -2.25. The third-order valence-corrected chi connectivity index (χ3v) is 6.63. The van der Waals surface area contributed by atoms with Crippen molar-refractivity contribution in [1.82, 2.24) is 4.31 Å². The van der Waals surface area contributed by atoms with Gasteiger partial charge >= 0.3 is 12.1 Å². The molecule has 0 amide bonds. The minimum atomic E-state index is -4.73. The normalized spacial score (nSPS) is 19.0. The second kappa shape index (κ2) is 7.89. The van der Waals surface area contributed by atoms with Crippen LogP contribution < -0.4 is 0 Å². The number of hydrogen-bond donors (Lipinski definition) is 1. The van der Waals surface area contributed by atoms with Gasteiger partial charge in [0.15, 0.2) is 0 Å². The molecule has 1 atom stereocenters. The fourth-order valence-corrected chi connectivity index (χ4v) is 5.51. The van der Waals surface area contributed by atoms with Gasteiger partial charge in [-0.05, 0) is 25.0 Å². The Kier molecular flexibility index (Phi) is 6.44. The first-order valence-corrected chi connectivity index (χ1v) is 9.52. The maximum atomic E-state index is 12.8. The maximum Gasteiger partial charge on any atom is 0.416 e. The van der Waals surface area contributed by atoms with Gasteiger partial charge in [-0.1, -0.05) is 23.2 Å². The Labute approximate surface area is 157 Å². The van der Waals surface area contributed by atoms with Crippen LogP contribution in [0.5, 0.6) is 0 Å². The van der Waals surface area contributed by atoms with Gasteiger partial charge in [0.2, 0.25) is 10.0 Å². The van der Waals surface area contributed by atoms with Crippen molar-refractivity contribution in [3.63, 3.8) is 0 Å². The van der Waals surface area contributed by atoms with E-state index in [9.17, 15) is 26.4 Å². The van der Waals surface area contributed by atoms with E-state index in [2.05, 4.69) is 0 Å². The molecular formula is C14H14Cl2F3NO5S. The van der Waals surface area contributed by atoms with E-state index in [1.807, 2.05) is 0 Å². The molecule has 6 nitrogen and oxygen atoms in total. The second-order valence-electron chi connectivity index (χ2n) is 5.59. The van der Waals surface area contributed by atoms with Crippen LogP contribution in [0, 0.1) is 0 Å². The fraction of sp³-hybridized carbons (Fsp3) is 0.500. The summed E-state index contributed by atoms with van der Waals surface area (Å²) in [5, 5.41) is 7.30. The number of alkyl halides is 3. The molecule has 0 aliphatic carbocycles. The molecule has 1 aromatic rings. The van der Waals surface area contributed by atoms with Crippen LogP contribution in [0.15, 0.2) is 17.0 Å². The lowest BCUT2D eigenvalue weighted by Crippen LogP contribution is -2.39. The highest BCUT2D eigenvalue weighted by Gasteiger charge is 2.39. The summed E-state index contributed by atoms with van der Waals surface area (Å²) in [6.45, 7) is -0.662. The number of halogens is 5. The molecule has 1 fully saturated rings. The van der Waals surface area contributed by atoms with Crippen LogP contribution in [0.4, 0.5) is 13.2 Å². The Balaban J connectivity index is 2.33. The molecule has 1 aliphatic heterocycles. The van der Waals surface area contributed by atoms with Crippen molar-refractivity contribution in [1.29, 1.82) is 0 Å². The minimum Gasteiger partial charge on any atom is -0.480 e. The standard InChI is InChI=1S/C14H14Cl2F3NO5S/c15-10-4-8(14(17,18)19)5-11(16)13(10)26(23,24)20-3-1-2-9(20)6-25-7-12(21)22/h4-5,9H,1-3,6-7H2,(H,21,22). The van der Waals surface area contributed by atoms with Crippen LogP contribution >= 0.6 is 23.2 Å². The smallest absolute Gasteiger partial charge is 0.416 e. The summed E-state index contributed by atoms with van der Waals surface area (Å²) in [4.78, 5) is 9.88. The first kappa shape index (κ1) is 21.2. The van der Waals surface area contributed by atoms with Crippen molar-refractivity contribution < 1.29 is 36.2 Å². The molecule has 0 aromatic heterocycles. The molecule has 0 spiro atoms. The Morgan fingerprint density at radius 1 is 1.31 bits per heavy atom. The summed E-state index contributed by atoms with van der Waals surface area (Å²) in [6, 6.07) is 0.354. The highest BCUT2D eigenvalue weighted by molar-refractivity contribution is 7.89. The third kappa shape index (κ3) is 4.61. The van der Waals surface area contributed by atoms with E-state index < -0.39 is 55.3 Å². The molecule has 0 saturated carbocycles. The first-order valence-electron chi connectivity index (χ1n) is 7.32. The SMILES string of the molecule is O=C(O)COCC1CCCN1S(=O)(=O)c1c(Cl)cc(C(F)(F)F)cc1Cl. The zero-order chi connectivity index (χ0) is 19.7. The number of benzene rings is 1. The van der Waals surface area contributed by atoms with Crippen molar-refractivity contribution in [2.24, 2.45) is 0 Å². The largest absolute Gasteiger partial charge is 0.480 e. The molecule has 2 rings (SSSR count). The first-order chi connectivity index (χ1) is 11.9. The molecule has 12 heteroatoms. The van der Waals surface area contributed by atoms with Crippen LogP contribution in [0.3, 0.4) is 0 Å². The summed E-state index contributed by atoms with van der Waals surface area (Å²) in [7, 11) is -4.29. The summed E-state index contributed by atoms with van der Waals surface area (Å²) in [5.41, 5.74) is -1.16. The van der Waals surface area contributed by atoms with E-state index in [4.69, 9.17) is 33.0 Å². The Hall–Kier alpha value is -1.07. The number of aliphatic carboxylic acids is 1. The highest BCUT2D eigenvalue weighted by Crippen LogP contribution is 2.40. The number of rotatable bonds is 6. The van der Waals surface area contributed by atoms with Crippen LogP contribution in [-0.2, 0) is 25.7 Å². The molecule has 1 aliphatic rings. The van der Waals surface area contributed by atoms with Gasteiger partial charge in [0.1, 0.15) is 11.5 Å². The Bertz CT molecular complexity index is 777. The molecule has 1 N–H and O–H groups in total. The number of carboxylic acids is 1. The van der Waals surface area contributed by atoms with Gasteiger partial charge in [0, 0.05) is 12.6 Å². The molecule has 1 unspecified atom stereocenters. The molecule has 0 radical (unpaired) electrons. The van der Waals surface area contributed by atoms with E-state index in [-0.39, 0.29) is 13.2 Å². The molecule has 1 saturated heterocycles. The van der Waals surface area contributed by atoms with Crippen molar-refractivity contribution in [3.8, 4) is 0 Å². The van der Waals surface area contributed by atoms with E-state index in [0.29, 0.717) is 25.0 Å². The van der Waals surface area contributed by atoms with Gasteiger partial charge in [-0.15, -0.1) is 0 Å². The zero-order valence-corrected chi connectivity index (χ0v) is 15.4. The zero-order valence-electron chi connectivity index (χ0n) is 13.1. The summed E-state index contributed by atoms with van der Waals surface area (Å²) >= 11 is 11.6. The predicted octanol–water partition coefficient (Wildman–Crippen LogP) is 3.27. The lowest BCUT2D eigenvalue weighted by atomic mass is 10.2. The van der Waals surface area contributed by atoms with Crippen LogP contribution in [-0.4, -0.2) is 49.6 Å². The van der Waals surface area contributed by atoms with E-state index in [0.717, 1.165) is 4.31 Å². The summed E-state index contributed by atoms with van der Waals surface area (Å²) < 4.78 is 70.1. The van der Waals surface area contributed by atoms with Gasteiger partial charge in [-0.25, -0.2) is 13.2 Å².